The zero-order valence-corrected chi connectivity index (χ0v) is 9.78. The Morgan fingerprint density at radius 3 is 2.86 bits per heavy atom. The molecule has 0 aromatic carbocycles. The summed E-state index contributed by atoms with van der Waals surface area (Å²) in [5.41, 5.74) is 0.421. The van der Waals surface area contributed by atoms with E-state index in [9.17, 15) is 4.79 Å². The zero-order valence-electron chi connectivity index (χ0n) is 6.61. The third-order valence-corrected chi connectivity index (χ3v) is 2.37. The van der Waals surface area contributed by atoms with Crippen molar-refractivity contribution in [2.24, 2.45) is 0 Å². The molecule has 0 aliphatic carbocycles. The molecule has 14 heavy (non-hydrogen) atoms. The Bertz CT molecular complexity index is 523. The summed E-state index contributed by atoms with van der Waals surface area (Å²) in [4.78, 5) is 14.8. The van der Waals surface area contributed by atoms with Crippen molar-refractivity contribution in [2.75, 3.05) is 0 Å². The molecule has 5 nitrogen and oxygen atoms in total. The van der Waals surface area contributed by atoms with Crippen molar-refractivity contribution in [1.29, 1.82) is 0 Å². The van der Waals surface area contributed by atoms with E-state index in [-0.39, 0.29) is 5.56 Å². The summed E-state index contributed by atoms with van der Waals surface area (Å²) in [5.74, 6) is -1.03. The molecule has 0 spiro atoms. The highest BCUT2D eigenvalue weighted by molar-refractivity contribution is 9.10. The first kappa shape index (κ1) is 9.60. The molecular formula is C7H3Br2N3O2. The number of halogens is 2. The summed E-state index contributed by atoms with van der Waals surface area (Å²) >= 11 is 6.27. The molecule has 7 heteroatoms. The lowest BCUT2D eigenvalue weighted by molar-refractivity contribution is 0.0698. The van der Waals surface area contributed by atoms with Crippen LogP contribution in [0.4, 0.5) is 0 Å². The van der Waals surface area contributed by atoms with Gasteiger partial charge >= 0.3 is 5.97 Å². The van der Waals surface area contributed by atoms with E-state index in [0.29, 0.717) is 14.9 Å². The summed E-state index contributed by atoms with van der Waals surface area (Å²) in [7, 11) is 0. The molecule has 2 aromatic rings. The molecule has 0 aliphatic heterocycles. The van der Waals surface area contributed by atoms with E-state index < -0.39 is 5.97 Å². The number of hydrogen-bond acceptors (Lipinski definition) is 3. The van der Waals surface area contributed by atoms with E-state index in [1.54, 1.807) is 6.20 Å². The lowest BCUT2D eigenvalue weighted by atomic mass is 10.3. The van der Waals surface area contributed by atoms with E-state index >= 15 is 0 Å². The van der Waals surface area contributed by atoms with Crippen molar-refractivity contribution >= 4 is 43.5 Å². The van der Waals surface area contributed by atoms with E-state index in [4.69, 9.17) is 5.11 Å². The summed E-state index contributed by atoms with van der Waals surface area (Å²) in [6.45, 7) is 0. The van der Waals surface area contributed by atoms with E-state index in [2.05, 4.69) is 41.9 Å². The SMILES string of the molecule is O=C(O)c1cc(Br)cn2nc(Br)nc12. The molecule has 2 rings (SSSR count). The number of pyridine rings is 1. The van der Waals surface area contributed by atoms with Crippen LogP contribution >= 0.6 is 31.9 Å². The molecule has 0 saturated heterocycles. The Hall–Kier alpha value is -0.950. The number of rotatable bonds is 1. The van der Waals surface area contributed by atoms with Crippen LogP contribution in [0.2, 0.25) is 0 Å². The number of nitrogens with zero attached hydrogens (tertiary/aromatic N) is 3. The lowest BCUT2D eigenvalue weighted by Crippen LogP contribution is -2.01. The largest absolute Gasteiger partial charge is 0.478 e. The van der Waals surface area contributed by atoms with Crippen LogP contribution in [0.3, 0.4) is 0 Å². The summed E-state index contributed by atoms with van der Waals surface area (Å²) < 4.78 is 2.40. The van der Waals surface area contributed by atoms with Crippen molar-refractivity contribution < 1.29 is 9.90 Å². The molecular weight excluding hydrogens is 318 g/mol. The quantitative estimate of drug-likeness (QED) is 0.872. The fourth-order valence-corrected chi connectivity index (χ4v) is 1.85. The molecule has 0 radical (unpaired) electrons. The molecule has 2 aromatic heterocycles. The van der Waals surface area contributed by atoms with Gasteiger partial charge in [-0.3, -0.25) is 0 Å². The van der Waals surface area contributed by atoms with E-state index in [1.807, 2.05) is 0 Å². The van der Waals surface area contributed by atoms with Crippen molar-refractivity contribution in [3.63, 3.8) is 0 Å². The molecule has 0 fully saturated rings. The number of aromatic carboxylic acids is 1. The maximum Gasteiger partial charge on any atom is 0.339 e. The first-order valence-electron chi connectivity index (χ1n) is 3.52. The molecule has 0 saturated carbocycles. The van der Waals surface area contributed by atoms with Crippen LogP contribution in [0.5, 0.6) is 0 Å². The van der Waals surface area contributed by atoms with Crippen LogP contribution in [0, 0.1) is 0 Å². The Labute approximate surface area is 95.0 Å². The van der Waals surface area contributed by atoms with Gasteiger partial charge in [0.15, 0.2) is 5.65 Å². The van der Waals surface area contributed by atoms with Gasteiger partial charge in [0.25, 0.3) is 0 Å². The first-order chi connectivity index (χ1) is 6.58. The van der Waals surface area contributed by atoms with Gasteiger partial charge in [-0.2, -0.15) is 0 Å². The smallest absolute Gasteiger partial charge is 0.339 e. The van der Waals surface area contributed by atoms with Gasteiger partial charge in [0.2, 0.25) is 4.73 Å². The third-order valence-electron chi connectivity index (χ3n) is 1.60. The van der Waals surface area contributed by atoms with Gasteiger partial charge in [0.1, 0.15) is 5.56 Å². The predicted octanol–water partition coefficient (Wildman–Crippen LogP) is 1.95. The van der Waals surface area contributed by atoms with Crippen molar-refractivity contribution in [2.45, 2.75) is 0 Å². The number of fused-ring (bicyclic) bond motifs is 1. The van der Waals surface area contributed by atoms with Crippen LogP contribution in [-0.4, -0.2) is 25.7 Å². The normalized spacial score (nSPS) is 10.7. The second-order valence-electron chi connectivity index (χ2n) is 2.53. The topological polar surface area (TPSA) is 67.5 Å². The van der Waals surface area contributed by atoms with Crippen molar-refractivity contribution in [1.82, 2.24) is 14.6 Å². The zero-order chi connectivity index (χ0) is 10.3. The van der Waals surface area contributed by atoms with Crippen LogP contribution in [0.25, 0.3) is 5.65 Å². The molecule has 0 amide bonds. The molecule has 0 aliphatic rings. The van der Waals surface area contributed by atoms with Gasteiger partial charge in [-0.1, -0.05) is 0 Å². The van der Waals surface area contributed by atoms with Crippen molar-refractivity contribution in [3.05, 3.63) is 27.0 Å². The minimum atomic E-state index is -1.03. The number of carbonyl (C=O) groups is 1. The van der Waals surface area contributed by atoms with Gasteiger partial charge in [-0.05, 0) is 37.9 Å². The minimum absolute atomic E-state index is 0.109. The molecule has 0 bridgehead atoms. The van der Waals surface area contributed by atoms with Gasteiger partial charge in [0, 0.05) is 10.7 Å². The second kappa shape index (κ2) is 3.32. The van der Waals surface area contributed by atoms with Gasteiger partial charge < -0.3 is 5.11 Å². The Morgan fingerprint density at radius 1 is 1.50 bits per heavy atom. The molecule has 1 N–H and O–H groups in total. The summed E-state index contributed by atoms with van der Waals surface area (Å²) in [6, 6.07) is 1.48. The van der Waals surface area contributed by atoms with E-state index in [1.165, 1.54) is 10.6 Å². The molecule has 2 heterocycles. The maximum absolute atomic E-state index is 10.9. The van der Waals surface area contributed by atoms with Crippen LogP contribution < -0.4 is 0 Å². The predicted molar refractivity (Wildman–Crippen MR) is 55.3 cm³/mol. The summed E-state index contributed by atoms with van der Waals surface area (Å²) in [6.07, 6.45) is 1.64. The number of hydrogen-bond donors (Lipinski definition) is 1. The number of carboxylic acid groups (broad SMARTS) is 1. The van der Waals surface area contributed by atoms with Gasteiger partial charge in [0.05, 0.1) is 0 Å². The van der Waals surface area contributed by atoms with E-state index in [0.717, 1.165) is 0 Å². The highest BCUT2D eigenvalue weighted by Crippen LogP contribution is 2.17. The van der Waals surface area contributed by atoms with Gasteiger partial charge in [-0.15, -0.1) is 5.10 Å². The number of aromatic nitrogens is 3. The molecule has 0 unspecified atom stereocenters. The highest BCUT2D eigenvalue weighted by Gasteiger charge is 2.13. The monoisotopic (exact) mass is 319 g/mol. The maximum atomic E-state index is 10.9. The Morgan fingerprint density at radius 2 is 2.21 bits per heavy atom. The average Bonchev–Trinajstić information content (AvgIpc) is 2.42. The molecule has 0 atom stereocenters. The van der Waals surface area contributed by atoms with Crippen LogP contribution in [0.1, 0.15) is 10.4 Å². The second-order valence-corrected chi connectivity index (χ2v) is 4.15. The highest BCUT2D eigenvalue weighted by atomic mass is 79.9. The van der Waals surface area contributed by atoms with Crippen LogP contribution in [0.15, 0.2) is 21.5 Å². The first-order valence-corrected chi connectivity index (χ1v) is 5.11. The van der Waals surface area contributed by atoms with Crippen molar-refractivity contribution in [3.8, 4) is 0 Å². The Kier molecular flexibility index (Phi) is 2.28. The third kappa shape index (κ3) is 1.53. The fourth-order valence-electron chi connectivity index (χ4n) is 1.08. The van der Waals surface area contributed by atoms with Crippen LogP contribution in [-0.2, 0) is 0 Å². The standard InChI is InChI=1S/C7H3Br2N3O2/c8-3-1-4(6(13)14)5-10-7(9)11-12(5)2-3/h1-2H,(H,13,14). The Balaban J connectivity index is 2.85. The average molecular weight is 321 g/mol. The lowest BCUT2D eigenvalue weighted by Gasteiger charge is -1.97. The summed E-state index contributed by atoms with van der Waals surface area (Å²) in [5, 5.41) is 12.8. The molecule has 72 valence electrons. The van der Waals surface area contributed by atoms with Gasteiger partial charge in [-0.25, -0.2) is 14.3 Å². The fraction of sp³-hybridized carbons (Fsp3) is 0. The number of carboxylic acids is 1. The minimum Gasteiger partial charge on any atom is -0.478 e.